The summed E-state index contributed by atoms with van der Waals surface area (Å²) >= 11 is 0. The van der Waals surface area contributed by atoms with Gasteiger partial charge in [-0.2, -0.15) is 0 Å². The molecule has 1 aromatic rings. The standard InChI is InChI=1S/C21H31FN4O/c1-2-23-20(24-14-19(27)26-18-9-4-3-5-10-18)25-15-21(11-12-21)16-7-6-8-17(22)13-16/h6-8,13,18H,2-5,9-12,14-15H2,1H3,(H,26,27)(H2,23,24,25). The lowest BCUT2D eigenvalue weighted by molar-refractivity contribution is -0.120. The van der Waals surface area contributed by atoms with Gasteiger partial charge in [-0.15, -0.1) is 0 Å². The molecule has 5 nitrogen and oxygen atoms in total. The highest BCUT2D eigenvalue weighted by Gasteiger charge is 2.44. The summed E-state index contributed by atoms with van der Waals surface area (Å²) in [5.41, 5.74) is 1.00. The second-order valence-corrected chi connectivity index (χ2v) is 7.74. The molecule has 0 saturated heterocycles. The molecule has 0 radical (unpaired) electrons. The van der Waals surface area contributed by atoms with E-state index in [2.05, 4.69) is 20.9 Å². The number of aliphatic imine (C=N–C) groups is 1. The summed E-state index contributed by atoms with van der Waals surface area (Å²) in [6, 6.07) is 7.15. The molecule has 0 heterocycles. The maximum Gasteiger partial charge on any atom is 0.242 e. The van der Waals surface area contributed by atoms with E-state index >= 15 is 0 Å². The second kappa shape index (κ2) is 9.20. The SMILES string of the molecule is CCNC(=NCC(=O)NC1CCCCC1)NCC1(c2cccc(F)c2)CC1. The van der Waals surface area contributed by atoms with Gasteiger partial charge >= 0.3 is 0 Å². The number of hydrogen-bond donors (Lipinski definition) is 3. The van der Waals surface area contributed by atoms with Gasteiger partial charge in [0.25, 0.3) is 0 Å². The Morgan fingerprint density at radius 3 is 2.67 bits per heavy atom. The number of carbonyl (C=O) groups is 1. The van der Waals surface area contributed by atoms with Gasteiger partial charge in [0, 0.05) is 24.5 Å². The zero-order valence-corrected chi connectivity index (χ0v) is 16.2. The summed E-state index contributed by atoms with van der Waals surface area (Å²) in [4.78, 5) is 16.6. The van der Waals surface area contributed by atoms with E-state index in [0.717, 1.165) is 37.8 Å². The van der Waals surface area contributed by atoms with Crippen LogP contribution in [0.2, 0.25) is 0 Å². The Morgan fingerprint density at radius 1 is 1.22 bits per heavy atom. The van der Waals surface area contributed by atoms with Crippen LogP contribution in [0.25, 0.3) is 0 Å². The molecule has 1 aromatic carbocycles. The van der Waals surface area contributed by atoms with E-state index in [0.29, 0.717) is 18.5 Å². The van der Waals surface area contributed by atoms with E-state index in [1.807, 2.05) is 13.0 Å². The fourth-order valence-corrected chi connectivity index (χ4v) is 3.80. The average Bonchev–Trinajstić information content (AvgIpc) is 3.46. The molecule has 0 bridgehead atoms. The van der Waals surface area contributed by atoms with Crippen LogP contribution in [0.5, 0.6) is 0 Å². The van der Waals surface area contributed by atoms with Gasteiger partial charge in [0.1, 0.15) is 12.4 Å². The van der Waals surface area contributed by atoms with Crippen molar-refractivity contribution in [2.75, 3.05) is 19.6 Å². The normalized spacial score (nSPS) is 19.4. The average molecular weight is 375 g/mol. The van der Waals surface area contributed by atoms with Gasteiger partial charge < -0.3 is 16.0 Å². The third kappa shape index (κ3) is 5.68. The first kappa shape index (κ1) is 19.6. The van der Waals surface area contributed by atoms with Gasteiger partial charge in [-0.25, -0.2) is 9.38 Å². The van der Waals surface area contributed by atoms with Gasteiger partial charge in [0.2, 0.25) is 5.91 Å². The monoisotopic (exact) mass is 374 g/mol. The predicted molar refractivity (Wildman–Crippen MR) is 106 cm³/mol. The molecule has 0 aromatic heterocycles. The molecule has 3 rings (SSSR count). The lowest BCUT2D eigenvalue weighted by atomic mass is 9.95. The molecule has 0 atom stereocenters. The lowest BCUT2D eigenvalue weighted by Gasteiger charge is -2.22. The minimum absolute atomic E-state index is 0.0228. The summed E-state index contributed by atoms with van der Waals surface area (Å²) in [6.07, 6.45) is 7.87. The fourth-order valence-electron chi connectivity index (χ4n) is 3.80. The van der Waals surface area contributed by atoms with Crippen LogP contribution >= 0.6 is 0 Å². The number of guanidine groups is 1. The number of benzene rings is 1. The van der Waals surface area contributed by atoms with Crippen molar-refractivity contribution < 1.29 is 9.18 Å². The number of hydrogen-bond acceptors (Lipinski definition) is 2. The van der Waals surface area contributed by atoms with Gasteiger partial charge in [0.05, 0.1) is 0 Å². The molecule has 0 unspecified atom stereocenters. The maximum atomic E-state index is 13.5. The van der Waals surface area contributed by atoms with E-state index in [-0.39, 0.29) is 23.7 Å². The van der Waals surface area contributed by atoms with Crippen LogP contribution in [0, 0.1) is 5.82 Å². The first-order valence-corrected chi connectivity index (χ1v) is 10.2. The van der Waals surface area contributed by atoms with Crippen LogP contribution in [0.3, 0.4) is 0 Å². The molecule has 3 N–H and O–H groups in total. The Bertz CT molecular complexity index is 666. The highest BCUT2D eigenvalue weighted by Crippen LogP contribution is 2.47. The third-order valence-electron chi connectivity index (χ3n) is 5.58. The first-order chi connectivity index (χ1) is 13.1. The first-order valence-electron chi connectivity index (χ1n) is 10.2. The zero-order valence-electron chi connectivity index (χ0n) is 16.2. The Labute approximate surface area is 161 Å². The molecule has 148 valence electrons. The number of halogens is 1. The Morgan fingerprint density at radius 2 is 2.00 bits per heavy atom. The fraction of sp³-hybridized carbons (Fsp3) is 0.619. The number of rotatable bonds is 7. The summed E-state index contributed by atoms with van der Waals surface area (Å²) in [5.74, 6) is 0.420. The molecule has 1 amide bonds. The molecule has 2 aliphatic rings. The van der Waals surface area contributed by atoms with Crippen LogP contribution in [0.15, 0.2) is 29.3 Å². The minimum Gasteiger partial charge on any atom is -0.357 e. The quantitative estimate of drug-likeness (QED) is 0.508. The molecule has 6 heteroatoms. The topological polar surface area (TPSA) is 65.5 Å². The van der Waals surface area contributed by atoms with Crippen LogP contribution in [0.4, 0.5) is 4.39 Å². The summed E-state index contributed by atoms with van der Waals surface area (Å²) < 4.78 is 13.5. The Kier molecular flexibility index (Phi) is 6.69. The summed E-state index contributed by atoms with van der Waals surface area (Å²) in [5, 5.41) is 9.62. The number of carbonyl (C=O) groups excluding carboxylic acids is 1. The van der Waals surface area contributed by atoms with Gasteiger partial charge in [0.15, 0.2) is 5.96 Å². The number of nitrogens with one attached hydrogen (secondary N) is 3. The molecule has 27 heavy (non-hydrogen) atoms. The second-order valence-electron chi connectivity index (χ2n) is 7.74. The van der Waals surface area contributed by atoms with Crippen LogP contribution in [-0.4, -0.2) is 37.5 Å². The molecule has 2 aliphatic carbocycles. The van der Waals surface area contributed by atoms with Crippen LogP contribution in [-0.2, 0) is 10.2 Å². The zero-order chi connectivity index (χ0) is 19.1. The van der Waals surface area contributed by atoms with E-state index in [9.17, 15) is 9.18 Å². The van der Waals surface area contributed by atoms with Gasteiger partial charge in [-0.3, -0.25) is 4.79 Å². The summed E-state index contributed by atoms with van der Waals surface area (Å²) in [6.45, 7) is 3.53. The third-order valence-corrected chi connectivity index (χ3v) is 5.58. The van der Waals surface area contributed by atoms with Crippen molar-refractivity contribution in [3.8, 4) is 0 Å². The molecule has 0 aliphatic heterocycles. The highest BCUT2D eigenvalue weighted by molar-refractivity contribution is 5.85. The van der Waals surface area contributed by atoms with Crippen molar-refractivity contribution in [1.29, 1.82) is 0 Å². The number of amides is 1. The van der Waals surface area contributed by atoms with E-state index in [1.165, 1.54) is 25.3 Å². The van der Waals surface area contributed by atoms with E-state index in [4.69, 9.17) is 0 Å². The van der Waals surface area contributed by atoms with Crippen molar-refractivity contribution in [1.82, 2.24) is 16.0 Å². The van der Waals surface area contributed by atoms with Crippen molar-refractivity contribution in [2.45, 2.75) is 63.3 Å². The molecule has 2 saturated carbocycles. The van der Waals surface area contributed by atoms with E-state index < -0.39 is 0 Å². The molecular formula is C21H31FN4O. The van der Waals surface area contributed by atoms with Crippen LogP contribution in [0.1, 0.15) is 57.4 Å². The van der Waals surface area contributed by atoms with Crippen molar-refractivity contribution in [2.24, 2.45) is 4.99 Å². The largest absolute Gasteiger partial charge is 0.357 e. The predicted octanol–water partition coefficient (Wildman–Crippen LogP) is 2.86. The van der Waals surface area contributed by atoms with Gasteiger partial charge in [-0.05, 0) is 50.3 Å². The molecule has 2 fully saturated rings. The van der Waals surface area contributed by atoms with E-state index in [1.54, 1.807) is 12.1 Å². The number of nitrogens with zero attached hydrogens (tertiary/aromatic N) is 1. The van der Waals surface area contributed by atoms with Crippen LogP contribution < -0.4 is 16.0 Å². The van der Waals surface area contributed by atoms with Crippen molar-refractivity contribution >= 4 is 11.9 Å². The Balaban J connectivity index is 1.52. The maximum absolute atomic E-state index is 13.5. The van der Waals surface area contributed by atoms with Gasteiger partial charge in [-0.1, -0.05) is 31.4 Å². The minimum atomic E-state index is -0.196. The smallest absolute Gasteiger partial charge is 0.242 e. The highest BCUT2D eigenvalue weighted by atomic mass is 19.1. The Hall–Kier alpha value is -2.11. The molecular weight excluding hydrogens is 343 g/mol. The molecule has 0 spiro atoms. The summed E-state index contributed by atoms with van der Waals surface area (Å²) in [7, 11) is 0. The van der Waals surface area contributed by atoms with Crippen molar-refractivity contribution in [3.63, 3.8) is 0 Å². The van der Waals surface area contributed by atoms with Crippen molar-refractivity contribution in [3.05, 3.63) is 35.6 Å². The lowest BCUT2D eigenvalue weighted by Crippen LogP contribution is -2.43.